The highest BCUT2D eigenvalue weighted by molar-refractivity contribution is 5.81. The second-order valence-electron chi connectivity index (χ2n) is 7.48. The first-order valence-corrected chi connectivity index (χ1v) is 9.56. The molecule has 2 saturated heterocycles. The molecule has 31 heavy (non-hydrogen) atoms. The fraction of sp³-hybridized carbons (Fsp3) is 0.647. The zero-order chi connectivity index (χ0) is 22.4. The van der Waals surface area contributed by atoms with Crippen LogP contribution < -0.4 is 10.9 Å². The molecule has 0 aromatic carbocycles. The molecule has 11 nitrogen and oxygen atoms in total. The van der Waals surface area contributed by atoms with Crippen molar-refractivity contribution in [1.82, 2.24) is 24.8 Å². The van der Waals surface area contributed by atoms with Gasteiger partial charge in [0.25, 0.3) is 5.56 Å². The number of H-pyrrole nitrogens is 1. The Morgan fingerprint density at radius 3 is 2.84 bits per heavy atom. The Morgan fingerprint density at radius 1 is 1.39 bits per heavy atom. The number of ether oxygens (including phenoxy) is 2. The van der Waals surface area contributed by atoms with E-state index in [1.165, 1.54) is 10.9 Å². The lowest BCUT2D eigenvalue weighted by molar-refractivity contribution is -0.197. The number of halogens is 3. The zero-order valence-corrected chi connectivity index (χ0v) is 16.0. The number of hydrogen-bond acceptors (Lipinski definition) is 8. The predicted molar refractivity (Wildman–Crippen MR) is 95.7 cm³/mol. The molecule has 0 saturated carbocycles. The second kappa shape index (κ2) is 7.85. The summed E-state index contributed by atoms with van der Waals surface area (Å²) < 4.78 is 50.2. The molecule has 170 valence electrons. The molecule has 2 aromatic heterocycles. The number of fused-ring (bicyclic) bond motifs is 1. The van der Waals surface area contributed by atoms with Gasteiger partial charge in [-0.15, -0.1) is 0 Å². The summed E-state index contributed by atoms with van der Waals surface area (Å²) in [4.78, 5) is 33.5. The maximum atomic E-state index is 12.5. The van der Waals surface area contributed by atoms with Gasteiger partial charge in [0.2, 0.25) is 0 Å². The number of alkyl halides is 3. The number of aliphatic hydroxyl groups is 2. The summed E-state index contributed by atoms with van der Waals surface area (Å²) in [6, 6.07) is 0. The van der Waals surface area contributed by atoms with E-state index < -0.39 is 54.3 Å². The van der Waals surface area contributed by atoms with Crippen LogP contribution in [0.15, 0.2) is 17.4 Å². The van der Waals surface area contributed by atoms with Crippen molar-refractivity contribution in [3.8, 4) is 0 Å². The van der Waals surface area contributed by atoms with Crippen LogP contribution >= 0.6 is 0 Å². The van der Waals surface area contributed by atoms with Crippen LogP contribution in [0.3, 0.4) is 0 Å². The number of amides is 1. The highest BCUT2D eigenvalue weighted by atomic mass is 19.4. The Hall–Kier alpha value is -2.55. The number of nitrogens with one attached hydrogen (secondary N) is 2. The first-order chi connectivity index (χ1) is 14.6. The molecule has 4 heterocycles. The fourth-order valence-electron chi connectivity index (χ4n) is 4.02. The lowest BCUT2D eigenvalue weighted by atomic mass is 9.84. The average molecular weight is 447 g/mol. The van der Waals surface area contributed by atoms with Gasteiger partial charge in [0.05, 0.1) is 18.8 Å². The maximum absolute atomic E-state index is 12.5. The van der Waals surface area contributed by atoms with Gasteiger partial charge in [-0.1, -0.05) is 0 Å². The lowest BCUT2D eigenvalue weighted by Crippen LogP contribution is -2.58. The third-order valence-electron chi connectivity index (χ3n) is 5.56. The van der Waals surface area contributed by atoms with Crippen molar-refractivity contribution in [1.29, 1.82) is 0 Å². The van der Waals surface area contributed by atoms with Crippen molar-refractivity contribution in [3.63, 3.8) is 0 Å². The molecular formula is C17H20F3N5O6. The molecule has 2 aromatic rings. The van der Waals surface area contributed by atoms with Gasteiger partial charge in [-0.3, -0.25) is 14.2 Å². The van der Waals surface area contributed by atoms with E-state index in [0.29, 0.717) is 19.4 Å². The molecule has 14 heteroatoms. The van der Waals surface area contributed by atoms with E-state index in [1.54, 1.807) is 5.32 Å². The van der Waals surface area contributed by atoms with Crippen molar-refractivity contribution in [2.75, 3.05) is 13.2 Å². The van der Waals surface area contributed by atoms with Gasteiger partial charge in [-0.25, -0.2) is 9.97 Å². The third kappa shape index (κ3) is 3.69. The zero-order valence-electron chi connectivity index (χ0n) is 16.0. The van der Waals surface area contributed by atoms with Crippen LogP contribution in [0.1, 0.15) is 25.5 Å². The number of aromatic amines is 1. The largest absolute Gasteiger partial charge is 0.471 e. The van der Waals surface area contributed by atoms with Crippen LogP contribution in [0.2, 0.25) is 0 Å². The van der Waals surface area contributed by atoms with E-state index in [9.17, 15) is 33.0 Å². The van der Waals surface area contributed by atoms with Crippen molar-refractivity contribution in [3.05, 3.63) is 23.0 Å². The number of carbonyl (C=O) groups is 1. The van der Waals surface area contributed by atoms with E-state index >= 15 is 0 Å². The van der Waals surface area contributed by atoms with Gasteiger partial charge in [0.1, 0.15) is 12.2 Å². The minimum absolute atomic E-state index is 0.0372. The summed E-state index contributed by atoms with van der Waals surface area (Å²) in [5.74, 6) is -2.20. The van der Waals surface area contributed by atoms with Gasteiger partial charge in [0, 0.05) is 13.2 Å². The highest BCUT2D eigenvalue weighted by Gasteiger charge is 2.61. The monoisotopic (exact) mass is 447 g/mol. The Bertz CT molecular complexity index is 1020. The first-order valence-electron chi connectivity index (χ1n) is 9.56. The summed E-state index contributed by atoms with van der Waals surface area (Å²) in [5.41, 5.74) is -2.67. The number of aliphatic hydroxyl groups excluding tert-OH is 1. The summed E-state index contributed by atoms with van der Waals surface area (Å²) >= 11 is 0. The molecule has 2 fully saturated rings. The predicted octanol–water partition coefficient (Wildman–Crippen LogP) is -0.643. The first kappa shape index (κ1) is 21.7. The van der Waals surface area contributed by atoms with Gasteiger partial charge in [0.15, 0.2) is 23.0 Å². The molecule has 0 spiro atoms. The Balaban J connectivity index is 1.69. The molecule has 4 N–H and O–H groups in total. The van der Waals surface area contributed by atoms with Gasteiger partial charge < -0.3 is 30.0 Å². The SMILES string of the molecule is O=C(NC[C@H]1O[C@@H](n2cnc3c(=O)[nH]cnc32)[C@@](O)(C2CCCCO2)[C@@H]1O)C(F)(F)F. The van der Waals surface area contributed by atoms with E-state index in [2.05, 4.69) is 15.0 Å². The van der Waals surface area contributed by atoms with Crippen LogP contribution in [-0.2, 0) is 14.3 Å². The number of nitrogens with zero attached hydrogens (tertiary/aromatic N) is 3. The van der Waals surface area contributed by atoms with Crippen LogP contribution in [-0.4, -0.2) is 78.9 Å². The summed E-state index contributed by atoms with van der Waals surface area (Å²) in [5, 5.41) is 24.1. The number of carbonyl (C=O) groups excluding carboxylic acids is 1. The molecular weight excluding hydrogens is 427 g/mol. The quantitative estimate of drug-likeness (QED) is 0.483. The number of imidazole rings is 1. The van der Waals surface area contributed by atoms with E-state index in [1.807, 2.05) is 0 Å². The number of aromatic nitrogens is 4. The summed E-state index contributed by atoms with van der Waals surface area (Å²) in [7, 11) is 0. The molecule has 5 atom stereocenters. The minimum atomic E-state index is -5.11. The van der Waals surface area contributed by atoms with Crippen molar-refractivity contribution in [2.45, 2.75) is 55.6 Å². The highest BCUT2D eigenvalue weighted by Crippen LogP contribution is 2.44. The summed E-state index contributed by atoms with van der Waals surface area (Å²) in [6.45, 7) is -0.407. The Morgan fingerprint density at radius 2 is 2.16 bits per heavy atom. The maximum Gasteiger partial charge on any atom is 0.471 e. The molecule has 0 aliphatic carbocycles. The smallest absolute Gasteiger partial charge is 0.387 e. The standard InChI is InChI=1S/C17H20F3N5O6/c18-17(19,20)14(28)21-5-8-11(26)16(29,9-3-1-2-4-30-9)15(31-8)25-7-24-10-12(25)22-6-23-13(10)27/h6-9,11,15,26,29H,1-5H2,(H,21,28)(H,22,23,27)/t8-,9?,11-,15-,16-/m1/s1. The van der Waals surface area contributed by atoms with Crippen molar-refractivity contribution >= 4 is 17.1 Å². The fourth-order valence-corrected chi connectivity index (χ4v) is 4.02. The van der Waals surface area contributed by atoms with Crippen LogP contribution in [0, 0.1) is 0 Å². The van der Waals surface area contributed by atoms with Gasteiger partial charge >= 0.3 is 12.1 Å². The molecule has 4 rings (SSSR count). The van der Waals surface area contributed by atoms with Crippen molar-refractivity contribution in [2.24, 2.45) is 0 Å². The van der Waals surface area contributed by atoms with Gasteiger partial charge in [-0.2, -0.15) is 13.2 Å². The average Bonchev–Trinajstić information content (AvgIpc) is 3.27. The lowest BCUT2D eigenvalue weighted by Gasteiger charge is -2.40. The van der Waals surface area contributed by atoms with Crippen LogP contribution in [0.5, 0.6) is 0 Å². The normalized spacial score (nSPS) is 31.8. The van der Waals surface area contributed by atoms with E-state index in [4.69, 9.17) is 9.47 Å². The topological polar surface area (TPSA) is 152 Å². The van der Waals surface area contributed by atoms with Gasteiger partial charge in [-0.05, 0) is 19.3 Å². The molecule has 0 radical (unpaired) electrons. The molecule has 0 bridgehead atoms. The van der Waals surface area contributed by atoms with E-state index in [0.717, 1.165) is 12.7 Å². The van der Waals surface area contributed by atoms with Crippen LogP contribution in [0.25, 0.3) is 11.2 Å². The summed E-state index contributed by atoms with van der Waals surface area (Å²) in [6.07, 6.45) is -6.46. The Kier molecular flexibility index (Phi) is 5.49. The molecule has 2 aliphatic rings. The second-order valence-corrected chi connectivity index (χ2v) is 7.48. The van der Waals surface area contributed by atoms with Crippen molar-refractivity contribution < 1.29 is 37.7 Å². The van der Waals surface area contributed by atoms with E-state index in [-0.39, 0.29) is 11.2 Å². The molecule has 1 unspecified atom stereocenters. The number of hydrogen-bond donors (Lipinski definition) is 4. The third-order valence-corrected chi connectivity index (χ3v) is 5.56. The van der Waals surface area contributed by atoms with Crippen LogP contribution in [0.4, 0.5) is 13.2 Å². The Labute approximate surface area is 172 Å². The minimum Gasteiger partial charge on any atom is -0.387 e. The molecule has 1 amide bonds. The molecule has 2 aliphatic heterocycles. The number of rotatable bonds is 4.